The highest BCUT2D eigenvalue weighted by molar-refractivity contribution is 5.91. The first kappa shape index (κ1) is 27.9. The second kappa shape index (κ2) is 13.1. The van der Waals surface area contributed by atoms with E-state index >= 15 is 0 Å². The van der Waals surface area contributed by atoms with Crippen molar-refractivity contribution in [2.45, 2.75) is 77.9 Å². The van der Waals surface area contributed by atoms with Gasteiger partial charge in [-0.15, -0.1) is 0 Å². The molecule has 38 heavy (non-hydrogen) atoms. The zero-order chi connectivity index (χ0) is 27.0. The lowest BCUT2D eigenvalue weighted by Gasteiger charge is -2.20. The van der Waals surface area contributed by atoms with Crippen LogP contribution in [0.4, 0.5) is 10.5 Å². The monoisotopic (exact) mass is 523 g/mol. The van der Waals surface area contributed by atoms with Crippen molar-refractivity contribution in [1.82, 2.24) is 5.43 Å². The summed E-state index contributed by atoms with van der Waals surface area (Å²) in [7, 11) is 0. The smallest absolute Gasteiger partial charge is 0.339 e. The summed E-state index contributed by atoms with van der Waals surface area (Å²) in [5, 5.41) is 7.08. The first-order valence-corrected chi connectivity index (χ1v) is 13.9. The number of carbonyl (C=O) groups is 1. The molecule has 2 N–H and O–H groups in total. The van der Waals surface area contributed by atoms with Gasteiger partial charge in [0, 0.05) is 30.2 Å². The highest BCUT2D eigenvalue weighted by atomic mass is 16.7. The Kier molecular flexibility index (Phi) is 9.63. The third kappa shape index (κ3) is 7.05. The van der Waals surface area contributed by atoms with Crippen molar-refractivity contribution in [2.24, 2.45) is 5.10 Å². The molecule has 0 atom stereocenters. The van der Waals surface area contributed by atoms with Crippen LogP contribution in [0.5, 0.6) is 11.5 Å². The van der Waals surface area contributed by atoms with Crippen LogP contribution in [0.1, 0.15) is 81.5 Å². The molecule has 0 radical (unpaired) electrons. The Morgan fingerprint density at radius 1 is 1.00 bits per heavy atom. The molecule has 8 heteroatoms. The van der Waals surface area contributed by atoms with Gasteiger partial charge in [0.15, 0.2) is 5.79 Å². The highest BCUT2D eigenvalue weighted by Gasteiger charge is 2.42. The largest absolute Gasteiger partial charge is 0.493 e. The van der Waals surface area contributed by atoms with Gasteiger partial charge in [-0.05, 0) is 53.6 Å². The predicted molar refractivity (Wildman–Crippen MR) is 150 cm³/mol. The second-order valence-electron chi connectivity index (χ2n) is 10.3. The molecule has 1 fully saturated rings. The lowest BCUT2D eigenvalue weighted by molar-refractivity contribution is -0.147. The van der Waals surface area contributed by atoms with Crippen LogP contribution in [0.2, 0.25) is 0 Å². The lowest BCUT2D eigenvalue weighted by atomic mass is 9.99. The molecule has 2 aromatic rings. The molecule has 0 bridgehead atoms. The Morgan fingerprint density at radius 3 is 2.37 bits per heavy atom. The molecular formula is C30H41N3O5. The van der Waals surface area contributed by atoms with Crippen molar-refractivity contribution < 1.29 is 23.7 Å². The van der Waals surface area contributed by atoms with Crippen LogP contribution in [-0.2, 0) is 22.3 Å². The maximum Gasteiger partial charge on any atom is 0.339 e. The van der Waals surface area contributed by atoms with E-state index in [1.807, 2.05) is 30.3 Å². The Labute approximate surface area is 226 Å². The Hall–Kier alpha value is -3.10. The number of hydrazone groups is 1. The number of rotatable bonds is 12. The normalized spacial score (nSPS) is 15.8. The van der Waals surface area contributed by atoms with Crippen LogP contribution < -0.4 is 20.2 Å². The van der Waals surface area contributed by atoms with Crippen molar-refractivity contribution in [3.8, 4) is 11.5 Å². The minimum atomic E-state index is -0.532. The number of ether oxygens (including phenoxy) is 4. The fourth-order valence-electron chi connectivity index (χ4n) is 4.75. The molecule has 206 valence electrons. The molecule has 1 aliphatic heterocycles. The molecule has 0 saturated carbocycles. The fourth-order valence-corrected chi connectivity index (χ4v) is 4.75. The molecule has 0 aromatic heterocycles. The van der Waals surface area contributed by atoms with Gasteiger partial charge in [0.1, 0.15) is 11.5 Å². The van der Waals surface area contributed by atoms with Gasteiger partial charge in [-0.2, -0.15) is 5.10 Å². The number of urea groups is 1. The number of benzene rings is 2. The minimum Gasteiger partial charge on any atom is -0.493 e. The number of amides is 2. The highest BCUT2D eigenvalue weighted by Crippen LogP contribution is 2.37. The van der Waals surface area contributed by atoms with Crippen molar-refractivity contribution in [3.05, 3.63) is 52.6 Å². The van der Waals surface area contributed by atoms with Crippen molar-refractivity contribution in [2.75, 3.05) is 31.7 Å². The molecule has 8 nitrogen and oxygen atoms in total. The average Bonchev–Trinajstić information content (AvgIpc) is 3.50. The number of hydrogen-bond acceptors (Lipinski definition) is 6. The summed E-state index contributed by atoms with van der Waals surface area (Å²) >= 11 is 0. The number of unbranched alkanes of at least 4 members (excludes halogenated alkanes) is 2. The third-order valence-electron chi connectivity index (χ3n) is 6.84. The van der Waals surface area contributed by atoms with Crippen LogP contribution in [-0.4, -0.2) is 44.5 Å². The molecule has 2 amide bonds. The zero-order valence-corrected chi connectivity index (χ0v) is 23.1. The van der Waals surface area contributed by atoms with Gasteiger partial charge in [-0.25, -0.2) is 10.2 Å². The maximum absolute atomic E-state index is 12.6. The van der Waals surface area contributed by atoms with Crippen LogP contribution in [0.25, 0.3) is 0 Å². The van der Waals surface area contributed by atoms with Crippen molar-refractivity contribution >= 4 is 17.9 Å². The van der Waals surface area contributed by atoms with E-state index < -0.39 is 11.8 Å². The van der Waals surface area contributed by atoms with Gasteiger partial charge in [0.2, 0.25) is 0 Å². The number of fused-ring (bicyclic) bond motifs is 1. The quantitative estimate of drug-likeness (QED) is 0.197. The van der Waals surface area contributed by atoms with Gasteiger partial charge >= 0.3 is 6.03 Å². The van der Waals surface area contributed by atoms with E-state index in [1.54, 1.807) is 6.21 Å². The number of carbonyl (C=O) groups excluding carboxylic acids is 1. The molecule has 2 aliphatic rings. The Bertz CT molecular complexity index is 1130. The number of nitrogens with zero attached hydrogens (tertiary/aromatic N) is 1. The summed E-state index contributed by atoms with van der Waals surface area (Å²) in [5.41, 5.74) is 7.48. The number of hydrogen-bond donors (Lipinski definition) is 2. The summed E-state index contributed by atoms with van der Waals surface area (Å²) in [5.74, 6) is 1.27. The van der Waals surface area contributed by atoms with Crippen LogP contribution in [0, 0.1) is 0 Å². The van der Waals surface area contributed by atoms with E-state index in [4.69, 9.17) is 18.9 Å². The van der Waals surface area contributed by atoms with E-state index in [-0.39, 0.29) is 5.92 Å². The average molecular weight is 524 g/mol. The van der Waals surface area contributed by atoms with Crippen LogP contribution in [0.15, 0.2) is 35.4 Å². The Balaban J connectivity index is 1.42. The van der Waals surface area contributed by atoms with Gasteiger partial charge in [0.05, 0.1) is 32.6 Å². The zero-order valence-electron chi connectivity index (χ0n) is 23.1. The molecule has 2 aromatic carbocycles. The summed E-state index contributed by atoms with van der Waals surface area (Å²) in [6.07, 6.45) is 7.12. The molecule has 1 aliphatic carbocycles. The van der Waals surface area contributed by atoms with Gasteiger partial charge in [0.25, 0.3) is 0 Å². The molecule has 4 rings (SSSR count). The van der Waals surface area contributed by atoms with Gasteiger partial charge in [-0.1, -0.05) is 46.6 Å². The van der Waals surface area contributed by atoms with E-state index in [0.717, 1.165) is 54.5 Å². The first-order chi connectivity index (χ1) is 18.4. The standard InChI is InChI=1S/C30H41N3O5/c1-5-7-11-35-27-17-28(36-12-8-6-2)26(21(3)4)16-24(27)20-31-33-29(34)32-25-10-9-22-18-30(19-23(22)15-25)37-13-14-38-30/h9-10,15-17,20-21H,5-8,11-14,18-19H2,1-4H3,(H2,32,33,34)/b31-20+. The lowest BCUT2D eigenvalue weighted by Crippen LogP contribution is -2.30. The number of anilines is 1. The molecular weight excluding hydrogens is 482 g/mol. The van der Waals surface area contributed by atoms with E-state index in [1.165, 1.54) is 5.56 Å². The summed E-state index contributed by atoms with van der Waals surface area (Å²) in [4.78, 5) is 12.6. The summed E-state index contributed by atoms with van der Waals surface area (Å²) in [6.45, 7) is 11.1. The minimum absolute atomic E-state index is 0.263. The SMILES string of the molecule is CCCCOc1cc(OCCCC)c(C(C)C)cc1/C=N/NC(=O)Nc1ccc2c(c1)CC1(C2)OCCO1. The van der Waals surface area contributed by atoms with Crippen LogP contribution >= 0.6 is 0 Å². The van der Waals surface area contributed by atoms with E-state index in [9.17, 15) is 4.79 Å². The topological polar surface area (TPSA) is 90.4 Å². The third-order valence-corrected chi connectivity index (χ3v) is 6.84. The number of nitrogens with one attached hydrogen (secondary N) is 2. The second-order valence-corrected chi connectivity index (χ2v) is 10.3. The van der Waals surface area contributed by atoms with Crippen molar-refractivity contribution in [3.63, 3.8) is 0 Å². The fraction of sp³-hybridized carbons (Fsp3) is 0.533. The molecule has 1 spiro atoms. The Morgan fingerprint density at radius 2 is 1.68 bits per heavy atom. The summed E-state index contributed by atoms with van der Waals surface area (Å²) < 4.78 is 23.8. The predicted octanol–water partition coefficient (Wildman–Crippen LogP) is 6.17. The summed E-state index contributed by atoms with van der Waals surface area (Å²) in [6, 6.07) is 9.47. The van der Waals surface area contributed by atoms with Crippen molar-refractivity contribution in [1.29, 1.82) is 0 Å². The van der Waals surface area contributed by atoms with Crippen LogP contribution in [0.3, 0.4) is 0 Å². The van der Waals surface area contributed by atoms with E-state index in [0.29, 0.717) is 44.3 Å². The first-order valence-electron chi connectivity index (χ1n) is 13.9. The van der Waals surface area contributed by atoms with E-state index in [2.05, 4.69) is 43.5 Å². The molecule has 1 heterocycles. The van der Waals surface area contributed by atoms with Gasteiger partial charge in [-0.3, -0.25) is 0 Å². The van der Waals surface area contributed by atoms with Gasteiger partial charge < -0.3 is 24.3 Å². The maximum atomic E-state index is 12.6. The molecule has 1 saturated heterocycles. The molecule has 0 unspecified atom stereocenters.